The molecule has 2 unspecified atom stereocenters. The average Bonchev–Trinajstić information content (AvgIpc) is 2.41. The lowest BCUT2D eigenvalue weighted by atomic mass is 9.97. The smallest absolute Gasteiger partial charge is 0.253 e. The minimum absolute atomic E-state index is 0.0551. The largest absolute Gasteiger partial charge is 0.386 e. The monoisotopic (exact) mass is 249 g/mol. The first-order chi connectivity index (χ1) is 8.72. The van der Waals surface area contributed by atoms with Crippen molar-refractivity contribution in [3.63, 3.8) is 0 Å². The van der Waals surface area contributed by atoms with Crippen molar-refractivity contribution in [1.29, 1.82) is 0 Å². The molecule has 0 radical (unpaired) electrons. The third-order valence-corrected chi connectivity index (χ3v) is 3.29. The number of nitrogens with zero attached hydrogens (tertiary/aromatic N) is 1. The van der Waals surface area contributed by atoms with Crippen molar-refractivity contribution in [2.24, 2.45) is 5.92 Å². The van der Waals surface area contributed by atoms with Crippen LogP contribution in [0.1, 0.15) is 23.7 Å². The van der Waals surface area contributed by atoms with E-state index in [9.17, 15) is 4.79 Å². The van der Waals surface area contributed by atoms with Crippen molar-refractivity contribution in [2.75, 3.05) is 25.6 Å². The molecule has 0 spiro atoms. The van der Waals surface area contributed by atoms with Crippen LogP contribution >= 0.6 is 0 Å². The molecule has 0 bridgehead atoms. The minimum Gasteiger partial charge on any atom is -0.386 e. The lowest BCUT2D eigenvalue weighted by Crippen LogP contribution is -2.44. The van der Waals surface area contributed by atoms with E-state index in [1.165, 1.54) is 0 Å². The van der Waals surface area contributed by atoms with Crippen molar-refractivity contribution >= 4 is 11.6 Å². The maximum Gasteiger partial charge on any atom is 0.253 e. The summed E-state index contributed by atoms with van der Waals surface area (Å²) in [5, 5.41) is 6.05. The summed E-state index contributed by atoms with van der Waals surface area (Å²) in [6.45, 7) is 3.51. The highest BCUT2D eigenvalue weighted by atomic mass is 16.5. The van der Waals surface area contributed by atoms with E-state index in [0.717, 1.165) is 12.1 Å². The van der Waals surface area contributed by atoms with Gasteiger partial charge < -0.3 is 15.4 Å². The summed E-state index contributed by atoms with van der Waals surface area (Å²) in [7, 11) is 1.78. The first-order valence-electron chi connectivity index (χ1n) is 6.22. The number of hydrogen-bond acceptors (Lipinski definition) is 4. The SMILES string of the molecule is CNc1cnccc1C(=O)NC1CCOCC1C. The minimum atomic E-state index is -0.0551. The van der Waals surface area contributed by atoms with Crippen LogP contribution in [-0.4, -0.2) is 37.2 Å². The normalized spacial score (nSPS) is 23.4. The van der Waals surface area contributed by atoms with Gasteiger partial charge in [-0.25, -0.2) is 0 Å². The number of carbonyl (C=O) groups excluding carboxylic acids is 1. The fourth-order valence-corrected chi connectivity index (χ4v) is 2.13. The first kappa shape index (κ1) is 12.8. The Bertz CT molecular complexity index is 422. The van der Waals surface area contributed by atoms with E-state index >= 15 is 0 Å². The van der Waals surface area contributed by atoms with Crippen LogP contribution in [-0.2, 0) is 4.74 Å². The van der Waals surface area contributed by atoms with Gasteiger partial charge in [-0.15, -0.1) is 0 Å². The number of rotatable bonds is 3. The summed E-state index contributed by atoms with van der Waals surface area (Å²) >= 11 is 0. The van der Waals surface area contributed by atoms with E-state index in [4.69, 9.17) is 4.74 Å². The van der Waals surface area contributed by atoms with Crippen molar-refractivity contribution in [3.8, 4) is 0 Å². The van der Waals surface area contributed by atoms with Crippen molar-refractivity contribution in [2.45, 2.75) is 19.4 Å². The van der Waals surface area contributed by atoms with Gasteiger partial charge in [0.2, 0.25) is 0 Å². The van der Waals surface area contributed by atoms with Crippen LogP contribution in [0, 0.1) is 5.92 Å². The van der Waals surface area contributed by atoms with Crippen LogP contribution in [0.3, 0.4) is 0 Å². The Kier molecular flexibility index (Phi) is 4.15. The molecule has 2 atom stereocenters. The van der Waals surface area contributed by atoms with Crippen LogP contribution in [0.15, 0.2) is 18.5 Å². The number of hydrogen-bond donors (Lipinski definition) is 2. The van der Waals surface area contributed by atoms with Gasteiger partial charge in [-0.2, -0.15) is 0 Å². The van der Waals surface area contributed by atoms with E-state index in [1.807, 2.05) is 0 Å². The number of anilines is 1. The van der Waals surface area contributed by atoms with Gasteiger partial charge in [-0.05, 0) is 18.4 Å². The van der Waals surface area contributed by atoms with Gasteiger partial charge in [-0.1, -0.05) is 6.92 Å². The van der Waals surface area contributed by atoms with Gasteiger partial charge in [0.25, 0.3) is 5.91 Å². The van der Waals surface area contributed by atoms with Gasteiger partial charge in [0, 0.05) is 25.9 Å². The second kappa shape index (κ2) is 5.82. The number of pyridine rings is 1. The van der Waals surface area contributed by atoms with Gasteiger partial charge in [0.1, 0.15) is 0 Å². The number of aromatic nitrogens is 1. The molecule has 1 amide bonds. The topological polar surface area (TPSA) is 63.2 Å². The highest BCUT2D eigenvalue weighted by molar-refractivity contribution is 5.99. The molecule has 0 aliphatic carbocycles. The third kappa shape index (κ3) is 2.79. The fourth-order valence-electron chi connectivity index (χ4n) is 2.13. The molecule has 1 aromatic rings. The highest BCUT2D eigenvalue weighted by Gasteiger charge is 2.24. The standard InChI is InChI=1S/C13H19N3O2/c1-9-8-18-6-4-11(9)16-13(17)10-3-5-15-7-12(10)14-2/h3,5,7,9,11,14H,4,6,8H2,1-2H3,(H,16,17). The highest BCUT2D eigenvalue weighted by Crippen LogP contribution is 2.17. The second-order valence-corrected chi connectivity index (χ2v) is 4.59. The predicted octanol–water partition coefficient (Wildman–Crippen LogP) is 1.28. The van der Waals surface area contributed by atoms with E-state index < -0.39 is 0 Å². The van der Waals surface area contributed by atoms with Crippen molar-refractivity contribution in [1.82, 2.24) is 10.3 Å². The Morgan fingerprint density at radius 2 is 2.39 bits per heavy atom. The summed E-state index contributed by atoms with van der Waals surface area (Å²) in [4.78, 5) is 16.2. The van der Waals surface area contributed by atoms with Crippen molar-refractivity contribution < 1.29 is 9.53 Å². The lowest BCUT2D eigenvalue weighted by Gasteiger charge is -2.29. The zero-order valence-electron chi connectivity index (χ0n) is 10.8. The number of amides is 1. The summed E-state index contributed by atoms with van der Waals surface area (Å²) < 4.78 is 5.37. The molecule has 1 aromatic heterocycles. The fraction of sp³-hybridized carbons (Fsp3) is 0.538. The molecule has 2 heterocycles. The number of ether oxygens (including phenoxy) is 1. The quantitative estimate of drug-likeness (QED) is 0.847. The third-order valence-electron chi connectivity index (χ3n) is 3.29. The lowest BCUT2D eigenvalue weighted by molar-refractivity contribution is 0.0375. The van der Waals surface area contributed by atoms with Crippen LogP contribution in [0.2, 0.25) is 0 Å². The molecule has 98 valence electrons. The van der Waals surface area contributed by atoms with Gasteiger partial charge in [0.15, 0.2) is 0 Å². The zero-order chi connectivity index (χ0) is 13.0. The van der Waals surface area contributed by atoms with Crippen LogP contribution < -0.4 is 10.6 Å². The maximum atomic E-state index is 12.2. The second-order valence-electron chi connectivity index (χ2n) is 4.59. The molecule has 1 fully saturated rings. The Labute approximate surface area is 107 Å². The van der Waals surface area contributed by atoms with Crippen LogP contribution in [0.5, 0.6) is 0 Å². The molecule has 1 saturated heterocycles. The van der Waals surface area contributed by atoms with E-state index in [-0.39, 0.29) is 11.9 Å². The Balaban J connectivity index is 2.07. The van der Waals surface area contributed by atoms with E-state index in [0.29, 0.717) is 24.7 Å². The maximum absolute atomic E-state index is 12.2. The summed E-state index contributed by atoms with van der Waals surface area (Å²) in [6.07, 6.45) is 4.15. The molecule has 0 aromatic carbocycles. The summed E-state index contributed by atoms with van der Waals surface area (Å²) in [6, 6.07) is 1.91. The summed E-state index contributed by atoms with van der Waals surface area (Å²) in [5.74, 6) is 0.295. The Hall–Kier alpha value is -1.62. The molecule has 2 N–H and O–H groups in total. The van der Waals surface area contributed by atoms with Gasteiger partial charge in [-0.3, -0.25) is 9.78 Å². The molecule has 18 heavy (non-hydrogen) atoms. The summed E-state index contributed by atoms with van der Waals surface area (Å²) in [5.41, 5.74) is 1.38. The molecule has 1 aliphatic rings. The molecule has 1 aliphatic heterocycles. The number of nitrogens with one attached hydrogen (secondary N) is 2. The Morgan fingerprint density at radius 1 is 1.56 bits per heavy atom. The molecular formula is C13H19N3O2. The molecule has 5 nitrogen and oxygen atoms in total. The van der Waals surface area contributed by atoms with Gasteiger partial charge >= 0.3 is 0 Å². The predicted molar refractivity (Wildman–Crippen MR) is 69.6 cm³/mol. The molecule has 0 saturated carbocycles. The molecule has 5 heteroatoms. The number of carbonyl (C=O) groups is 1. The first-order valence-corrected chi connectivity index (χ1v) is 6.22. The van der Waals surface area contributed by atoms with Crippen LogP contribution in [0.4, 0.5) is 5.69 Å². The molecular weight excluding hydrogens is 230 g/mol. The average molecular weight is 249 g/mol. The van der Waals surface area contributed by atoms with Crippen LogP contribution in [0.25, 0.3) is 0 Å². The van der Waals surface area contributed by atoms with E-state index in [2.05, 4.69) is 22.5 Å². The zero-order valence-corrected chi connectivity index (χ0v) is 10.8. The Morgan fingerprint density at radius 3 is 3.11 bits per heavy atom. The van der Waals surface area contributed by atoms with Crippen molar-refractivity contribution in [3.05, 3.63) is 24.0 Å². The molecule has 2 rings (SSSR count). The van der Waals surface area contributed by atoms with Gasteiger partial charge in [0.05, 0.1) is 24.1 Å². The van der Waals surface area contributed by atoms with E-state index in [1.54, 1.807) is 25.5 Å².